The largest absolute Gasteiger partial charge is 0.468 e. The smallest absolute Gasteiger partial charge is 0.118 e. The Bertz CT molecular complexity index is 481. The summed E-state index contributed by atoms with van der Waals surface area (Å²) < 4.78 is 5.52. The molecule has 0 spiro atoms. The van der Waals surface area contributed by atoms with Crippen molar-refractivity contribution in [1.29, 1.82) is 0 Å². The molecule has 3 heteroatoms. The van der Waals surface area contributed by atoms with E-state index < -0.39 is 0 Å². The fourth-order valence-electron chi connectivity index (χ4n) is 1.86. The van der Waals surface area contributed by atoms with Crippen LogP contribution >= 0.6 is 11.8 Å². The fourth-order valence-corrected chi connectivity index (χ4v) is 3.18. The summed E-state index contributed by atoms with van der Waals surface area (Å²) in [5, 5.41) is 0.173. The van der Waals surface area contributed by atoms with Crippen molar-refractivity contribution in [3.8, 4) is 0 Å². The number of hydrogen-bond acceptors (Lipinski definition) is 3. The van der Waals surface area contributed by atoms with Crippen molar-refractivity contribution >= 4 is 11.8 Å². The number of benzene rings is 1. The molecule has 0 saturated heterocycles. The first-order valence-corrected chi connectivity index (χ1v) is 7.11. The third kappa shape index (κ3) is 3.18. The maximum absolute atomic E-state index is 6.21. The first-order valence-electron chi connectivity index (χ1n) is 6.23. The second kappa shape index (κ2) is 6.12. The average molecular weight is 261 g/mol. The third-order valence-electron chi connectivity index (χ3n) is 2.94. The zero-order chi connectivity index (χ0) is 13.0. The van der Waals surface area contributed by atoms with E-state index in [4.69, 9.17) is 10.2 Å². The molecule has 1 aromatic heterocycles. The Kier molecular flexibility index (Phi) is 4.50. The summed E-state index contributed by atoms with van der Waals surface area (Å²) in [5.74, 6) is 0.954. The summed E-state index contributed by atoms with van der Waals surface area (Å²) >= 11 is 1.77. The van der Waals surface area contributed by atoms with Gasteiger partial charge in [-0.3, -0.25) is 0 Å². The molecule has 0 bridgehead atoms. The normalized spacial score (nSPS) is 14.4. The van der Waals surface area contributed by atoms with Gasteiger partial charge in [-0.2, -0.15) is 0 Å². The predicted molar refractivity (Wildman–Crippen MR) is 76.8 cm³/mol. The molecule has 2 N–H and O–H groups in total. The highest BCUT2D eigenvalue weighted by Crippen LogP contribution is 2.38. The molecule has 1 aromatic carbocycles. The van der Waals surface area contributed by atoms with Crippen LogP contribution in [0.4, 0.5) is 0 Å². The molecule has 2 atom stereocenters. The van der Waals surface area contributed by atoms with Crippen LogP contribution in [0.15, 0.2) is 52.0 Å². The van der Waals surface area contributed by atoms with E-state index in [0.29, 0.717) is 0 Å². The Labute approximate surface area is 113 Å². The highest BCUT2D eigenvalue weighted by atomic mass is 32.2. The summed E-state index contributed by atoms with van der Waals surface area (Å²) in [4.78, 5) is 1.24. The molecule has 0 amide bonds. The average Bonchev–Trinajstić information content (AvgIpc) is 2.89. The number of hydrogen-bond donors (Lipinski definition) is 1. The lowest BCUT2D eigenvalue weighted by atomic mass is 10.1. The highest BCUT2D eigenvalue weighted by molar-refractivity contribution is 7.99. The molecule has 0 aliphatic heterocycles. The van der Waals surface area contributed by atoms with E-state index in [1.807, 2.05) is 12.1 Å². The zero-order valence-corrected chi connectivity index (χ0v) is 11.6. The maximum Gasteiger partial charge on any atom is 0.118 e. The summed E-state index contributed by atoms with van der Waals surface area (Å²) in [5.41, 5.74) is 7.48. The van der Waals surface area contributed by atoms with Gasteiger partial charge in [0.15, 0.2) is 0 Å². The van der Waals surface area contributed by atoms with Gasteiger partial charge in [0.25, 0.3) is 0 Å². The van der Waals surface area contributed by atoms with Gasteiger partial charge in [0.05, 0.1) is 11.5 Å². The van der Waals surface area contributed by atoms with Crippen LogP contribution in [0, 0.1) is 6.92 Å². The second-order valence-corrected chi connectivity index (χ2v) is 5.66. The van der Waals surface area contributed by atoms with Gasteiger partial charge in [-0.05, 0) is 37.6 Å². The number of thioether (sulfide) groups is 1. The molecular formula is C15H19NOS. The van der Waals surface area contributed by atoms with Gasteiger partial charge in [0.1, 0.15) is 5.76 Å². The van der Waals surface area contributed by atoms with Crippen LogP contribution in [-0.4, -0.2) is 6.04 Å². The minimum Gasteiger partial charge on any atom is -0.468 e. The van der Waals surface area contributed by atoms with Crippen molar-refractivity contribution < 1.29 is 4.42 Å². The van der Waals surface area contributed by atoms with Crippen molar-refractivity contribution in [2.75, 3.05) is 0 Å². The molecule has 96 valence electrons. The van der Waals surface area contributed by atoms with Crippen LogP contribution in [0.5, 0.6) is 0 Å². The van der Waals surface area contributed by atoms with Crippen LogP contribution < -0.4 is 5.73 Å². The number of furan rings is 1. The number of nitrogens with two attached hydrogens (primary N) is 1. The van der Waals surface area contributed by atoms with Crippen molar-refractivity contribution in [3.05, 3.63) is 54.0 Å². The highest BCUT2D eigenvalue weighted by Gasteiger charge is 2.22. The van der Waals surface area contributed by atoms with Crippen LogP contribution in [0.25, 0.3) is 0 Å². The SMILES string of the molecule is CCC(N)C(Sc1cccc(C)c1)c1ccco1. The summed E-state index contributed by atoms with van der Waals surface area (Å²) in [6.07, 6.45) is 2.64. The van der Waals surface area contributed by atoms with E-state index in [1.165, 1.54) is 10.5 Å². The maximum atomic E-state index is 6.21. The molecule has 18 heavy (non-hydrogen) atoms. The van der Waals surface area contributed by atoms with E-state index in [1.54, 1.807) is 18.0 Å². The van der Waals surface area contributed by atoms with E-state index in [9.17, 15) is 0 Å². The molecule has 1 heterocycles. The Morgan fingerprint density at radius 1 is 1.28 bits per heavy atom. The molecule has 2 aromatic rings. The fraction of sp³-hybridized carbons (Fsp3) is 0.333. The first kappa shape index (κ1) is 13.2. The van der Waals surface area contributed by atoms with Gasteiger partial charge in [-0.1, -0.05) is 24.6 Å². The van der Waals surface area contributed by atoms with Gasteiger partial charge in [-0.25, -0.2) is 0 Å². The van der Waals surface area contributed by atoms with E-state index >= 15 is 0 Å². The summed E-state index contributed by atoms with van der Waals surface area (Å²) in [7, 11) is 0. The molecule has 0 fully saturated rings. The third-order valence-corrected chi connectivity index (χ3v) is 4.30. The lowest BCUT2D eigenvalue weighted by Gasteiger charge is -2.20. The van der Waals surface area contributed by atoms with Crippen molar-refractivity contribution in [2.24, 2.45) is 5.73 Å². The quantitative estimate of drug-likeness (QED) is 0.821. The molecule has 0 aliphatic rings. The molecular weight excluding hydrogens is 242 g/mol. The zero-order valence-electron chi connectivity index (χ0n) is 10.8. The second-order valence-electron chi connectivity index (χ2n) is 4.44. The molecule has 0 aliphatic carbocycles. The van der Waals surface area contributed by atoms with Crippen LogP contribution in [0.1, 0.15) is 29.9 Å². The Hall–Kier alpha value is -1.19. The molecule has 2 rings (SSSR count). The van der Waals surface area contributed by atoms with Gasteiger partial charge in [0, 0.05) is 10.9 Å². The van der Waals surface area contributed by atoms with E-state index in [0.717, 1.165) is 12.2 Å². The number of aryl methyl sites for hydroxylation is 1. The Morgan fingerprint density at radius 3 is 2.72 bits per heavy atom. The first-order chi connectivity index (χ1) is 8.70. The van der Waals surface area contributed by atoms with Crippen LogP contribution in [-0.2, 0) is 0 Å². The number of rotatable bonds is 5. The van der Waals surface area contributed by atoms with E-state index in [2.05, 4.69) is 38.1 Å². The lowest BCUT2D eigenvalue weighted by molar-refractivity contribution is 0.474. The summed E-state index contributed by atoms with van der Waals surface area (Å²) in [6, 6.07) is 12.5. The molecule has 0 saturated carbocycles. The Morgan fingerprint density at radius 2 is 2.11 bits per heavy atom. The lowest BCUT2D eigenvalue weighted by Crippen LogP contribution is -2.25. The van der Waals surface area contributed by atoms with Crippen molar-refractivity contribution in [3.63, 3.8) is 0 Å². The van der Waals surface area contributed by atoms with E-state index in [-0.39, 0.29) is 11.3 Å². The van der Waals surface area contributed by atoms with Gasteiger partial charge in [0.2, 0.25) is 0 Å². The minimum atomic E-state index is 0.0988. The van der Waals surface area contributed by atoms with Gasteiger partial charge >= 0.3 is 0 Å². The van der Waals surface area contributed by atoms with Crippen molar-refractivity contribution in [2.45, 2.75) is 36.5 Å². The van der Waals surface area contributed by atoms with Crippen molar-refractivity contribution in [1.82, 2.24) is 0 Å². The topological polar surface area (TPSA) is 39.2 Å². The predicted octanol–water partition coefficient (Wildman–Crippen LogP) is 4.16. The van der Waals surface area contributed by atoms with Crippen LogP contribution in [0.3, 0.4) is 0 Å². The minimum absolute atomic E-state index is 0.0988. The molecule has 2 unspecified atom stereocenters. The Balaban J connectivity index is 2.20. The van der Waals surface area contributed by atoms with Crippen LogP contribution in [0.2, 0.25) is 0 Å². The summed E-state index contributed by atoms with van der Waals surface area (Å²) in [6.45, 7) is 4.21. The molecule has 2 nitrogen and oxygen atoms in total. The standard InChI is InChI=1S/C15H19NOS/c1-3-13(16)15(14-8-5-9-17-14)18-12-7-4-6-11(2)10-12/h4-10,13,15H,3,16H2,1-2H3. The van der Waals surface area contributed by atoms with Gasteiger partial charge < -0.3 is 10.2 Å². The van der Waals surface area contributed by atoms with Gasteiger partial charge in [-0.15, -0.1) is 11.8 Å². The molecule has 0 radical (unpaired) electrons. The monoisotopic (exact) mass is 261 g/mol.